The van der Waals surface area contributed by atoms with Crippen LogP contribution in [-0.4, -0.2) is 30.7 Å². The summed E-state index contributed by atoms with van der Waals surface area (Å²) in [5.74, 6) is 0.713. The molecule has 1 aromatic rings. The molecule has 1 heterocycles. The van der Waals surface area contributed by atoms with Gasteiger partial charge in [0.1, 0.15) is 5.75 Å². The molecule has 0 spiro atoms. The van der Waals surface area contributed by atoms with Crippen molar-refractivity contribution in [2.75, 3.05) is 25.0 Å². The molecule has 3 N–H and O–H groups in total. The Balaban J connectivity index is 2.03. The van der Waals surface area contributed by atoms with E-state index in [1.54, 1.807) is 18.2 Å². The number of hydrogen-bond donors (Lipinski definition) is 3. The topological polar surface area (TPSA) is 70.6 Å². The van der Waals surface area contributed by atoms with Gasteiger partial charge in [-0.2, -0.15) is 0 Å². The molecule has 1 aliphatic heterocycles. The van der Waals surface area contributed by atoms with Crippen molar-refractivity contribution in [2.24, 2.45) is 5.92 Å². The molecule has 0 aliphatic carbocycles. The fourth-order valence-electron chi connectivity index (χ4n) is 2.40. The van der Waals surface area contributed by atoms with Gasteiger partial charge in [0.15, 0.2) is 0 Å². The van der Waals surface area contributed by atoms with Gasteiger partial charge in [0.05, 0.1) is 19.1 Å². The Morgan fingerprint density at radius 1 is 1.55 bits per heavy atom. The van der Waals surface area contributed by atoms with Crippen LogP contribution >= 0.6 is 0 Å². The number of carbonyl (C=O) groups is 1. The second kappa shape index (κ2) is 7.26. The van der Waals surface area contributed by atoms with E-state index >= 15 is 0 Å². The van der Waals surface area contributed by atoms with Gasteiger partial charge in [-0.15, -0.1) is 0 Å². The summed E-state index contributed by atoms with van der Waals surface area (Å²) in [5, 5.41) is 15.5. The van der Waals surface area contributed by atoms with Crippen molar-refractivity contribution in [3.05, 3.63) is 23.8 Å². The van der Waals surface area contributed by atoms with Crippen LogP contribution in [0, 0.1) is 5.92 Å². The lowest BCUT2D eigenvalue weighted by molar-refractivity contribution is -0.120. The second-order valence-corrected chi connectivity index (χ2v) is 4.95. The molecule has 2 rings (SSSR count). The van der Waals surface area contributed by atoms with E-state index in [-0.39, 0.29) is 18.4 Å². The van der Waals surface area contributed by atoms with Crippen molar-refractivity contribution in [1.29, 1.82) is 0 Å². The van der Waals surface area contributed by atoms with Gasteiger partial charge in [0.25, 0.3) is 0 Å². The Morgan fingerprint density at radius 2 is 2.40 bits per heavy atom. The molecule has 0 aromatic heterocycles. The van der Waals surface area contributed by atoms with Gasteiger partial charge in [-0.1, -0.05) is 0 Å². The quantitative estimate of drug-likeness (QED) is 0.763. The van der Waals surface area contributed by atoms with Crippen molar-refractivity contribution in [3.63, 3.8) is 0 Å². The zero-order chi connectivity index (χ0) is 14.4. The van der Waals surface area contributed by atoms with Crippen LogP contribution in [0.25, 0.3) is 0 Å². The first-order valence-electron chi connectivity index (χ1n) is 7.12. The van der Waals surface area contributed by atoms with Crippen LogP contribution < -0.4 is 15.4 Å². The van der Waals surface area contributed by atoms with Crippen LogP contribution in [0.3, 0.4) is 0 Å². The van der Waals surface area contributed by atoms with Gasteiger partial charge in [0, 0.05) is 17.8 Å². The van der Waals surface area contributed by atoms with Gasteiger partial charge in [-0.3, -0.25) is 4.79 Å². The molecular formula is C15H22N2O3. The molecule has 1 fully saturated rings. The van der Waals surface area contributed by atoms with E-state index in [9.17, 15) is 9.90 Å². The number of ether oxygens (including phenoxy) is 1. The summed E-state index contributed by atoms with van der Waals surface area (Å²) < 4.78 is 5.42. The van der Waals surface area contributed by atoms with E-state index < -0.39 is 0 Å². The van der Waals surface area contributed by atoms with E-state index in [0.29, 0.717) is 23.6 Å². The highest BCUT2D eigenvalue weighted by Crippen LogP contribution is 2.24. The molecule has 1 aliphatic rings. The Bertz CT molecular complexity index is 456. The van der Waals surface area contributed by atoms with Crippen molar-refractivity contribution >= 4 is 11.6 Å². The number of aliphatic hydroxyl groups is 1. The van der Waals surface area contributed by atoms with E-state index in [1.807, 2.05) is 6.92 Å². The Hall–Kier alpha value is -1.59. The largest absolute Gasteiger partial charge is 0.494 e. The highest BCUT2D eigenvalue weighted by molar-refractivity contribution is 5.92. The van der Waals surface area contributed by atoms with Crippen LogP contribution in [0.5, 0.6) is 5.75 Å². The molecule has 0 saturated carbocycles. The van der Waals surface area contributed by atoms with Crippen molar-refractivity contribution in [3.8, 4) is 5.75 Å². The van der Waals surface area contributed by atoms with Crippen molar-refractivity contribution in [2.45, 2.75) is 26.4 Å². The molecule has 0 radical (unpaired) electrons. The number of hydrogen-bond acceptors (Lipinski definition) is 4. The molecule has 20 heavy (non-hydrogen) atoms. The smallest absolute Gasteiger partial charge is 0.228 e. The monoisotopic (exact) mass is 278 g/mol. The number of rotatable bonds is 5. The fourth-order valence-corrected chi connectivity index (χ4v) is 2.40. The highest BCUT2D eigenvalue weighted by atomic mass is 16.5. The summed E-state index contributed by atoms with van der Waals surface area (Å²) in [7, 11) is 0. The van der Waals surface area contributed by atoms with Crippen molar-refractivity contribution in [1.82, 2.24) is 5.32 Å². The Labute approximate surface area is 119 Å². The normalized spacial score (nSPS) is 18.6. The molecule has 1 atom stereocenters. The summed E-state index contributed by atoms with van der Waals surface area (Å²) in [5.41, 5.74) is 1.39. The Kier molecular flexibility index (Phi) is 5.38. The molecule has 0 bridgehead atoms. The Morgan fingerprint density at radius 3 is 3.05 bits per heavy atom. The molecule has 5 nitrogen and oxygen atoms in total. The van der Waals surface area contributed by atoms with E-state index in [1.165, 1.54) is 0 Å². The number of nitrogens with one attached hydrogen (secondary N) is 2. The fraction of sp³-hybridized carbons (Fsp3) is 0.533. The average Bonchev–Trinajstić information content (AvgIpc) is 2.50. The molecule has 5 heteroatoms. The molecule has 1 amide bonds. The van der Waals surface area contributed by atoms with Crippen LogP contribution in [0.4, 0.5) is 5.69 Å². The van der Waals surface area contributed by atoms with E-state index in [0.717, 1.165) is 25.9 Å². The minimum atomic E-state index is -0.107. The SMILES string of the molecule is CCOc1ccc(NC(=O)C2CCCNC2)cc1CO. The van der Waals surface area contributed by atoms with Crippen LogP contribution in [0.2, 0.25) is 0 Å². The summed E-state index contributed by atoms with van der Waals surface area (Å²) in [6, 6.07) is 5.35. The first-order valence-corrected chi connectivity index (χ1v) is 7.12. The van der Waals surface area contributed by atoms with Crippen LogP contribution in [0.15, 0.2) is 18.2 Å². The molecule has 1 aromatic carbocycles. The maximum absolute atomic E-state index is 12.1. The zero-order valence-electron chi connectivity index (χ0n) is 11.8. The third-order valence-electron chi connectivity index (χ3n) is 3.47. The van der Waals surface area contributed by atoms with Crippen LogP contribution in [-0.2, 0) is 11.4 Å². The van der Waals surface area contributed by atoms with Gasteiger partial charge < -0.3 is 20.5 Å². The van der Waals surface area contributed by atoms with Gasteiger partial charge in [-0.05, 0) is 44.5 Å². The number of aliphatic hydroxyl groups excluding tert-OH is 1. The second-order valence-electron chi connectivity index (χ2n) is 4.95. The van der Waals surface area contributed by atoms with Gasteiger partial charge in [-0.25, -0.2) is 0 Å². The number of carbonyl (C=O) groups excluding carboxylic acids is 1. The minimum absolute atomic E-state index is 0.0212. The first-order chi connectivity index (χ1) is 9.74. The predicted octanol–water partition coefficient (Wildman–Crippen LogP) is 1.52. The number of benzene rings is 1. The number of amides is 1. The lowest BCUT2D eigenvalue weighted by atomic mass is 9.98. The predicted molar refractivity (Wildman–Crippen MR) is 77.8 cm³/mol. The average molecular weight is 278 g/mol. The summed E-state index contributed by atoms with van der Waals surface area (Å²) >= 11 is 0. The number of anilines is 1. The lowest BCUT2D eigenvalue weighted by Gasteiger charge is -2.22. The third-order valence-corrected chi connectivity index (χ3v) is 3.47. The van der Waals surface area contributed by atoms with Gasteiger partial charge >= 0.3 is 0 Å². The third kappa shape index (κ3) is 3.71. The summed E-state index contributed by atoms with van der Waals surface area (Å²) in [6.45, 7) is 4.06. The number of piperidine rings is 1. The van der Waals surface area contributed by atoms with E-state index in [4.69, 9.17) is 4.74 Å². The molecular weight excluding hydrogens is 256 g/mol. The van der Waals surface area contributed by atoms with Crippen molar-refractivity contribution < 1.29 is 14.6 Å². The van der Waals surface area contributed by atoms with E-state index in [2.05, 4.69) is 10.6 Å². The molecule has 110 valence electrons. The molecule has 1 unspecified atom stereocenters. The maximum Gasteiger partial charge on any atom is 0.228 e. The highest BCUT2D eigenvalue weighted by Gasteiger charge is 2.21. The standard InChI is InChI=1S/C15H22N2O3/c1-2-20-14-6-5-13(8-12(14)10-18)17-15(19)11-4-3-7-16-9-11/h5-6,8,11,16,18H,2-4,7,9-10H2,1H3,(H,17,19). The van der Waals surface area contributed by atoms with Crippen LogP contribution in [0.1, 0.15) is 25.3 Å². The van der Waals surface area contributed by atoms with Gasteiger partial charge in [0.2, 0.25) is 5.91 Å². The summed E-state index contributed by atoms with van der Waals surface area (Å²) in [6.07, 6.45) is 1.95. The minimum Gasteiger partial charge on any atom is -0.494 e. The lowest BCUT2D eigenvalue weighted by Crippen LogP contribution is -2.37. The first kappa shape index (κ1) is 14.8. The zero-order valence-corrected chi connectivity index (χ0v) is 11.8. The summed E-state index contributed by atoms with van der Waals surface area (Å²) in [4.78, 5) is 12.1. The maximum atomic E-state index is 12.1. The molecule has 1 saturated heterocycles.